The van der Waals surface area contributed by atoms with Crippen LogP contribution in [0.25, 0.3) is 0 Å². The summed E-state index contributed by atoms with van der Waals surface area (Å²) in [5.74, 6) is 1.49. The van der Waals surface area contributed by atoms with Gasteiger partial charge in [-0.3, -0.25) is 10.1 Å². The van der Waals surface area contributed by atoms with Crippen molar-refractivity contribution in [1.29, 1.82) is 0 Å². The van der Waals surface area contributed by atoms with Crippen molar-refractivity contribution in [2.24, 2.45) is 0 Å². The van der Waals surface area contributed by atoms with Gasteiger partial charge < -0.3 is 9.84 Å². The van der Waals surface area contributed by atoms with E-state index in [1.165, 1.54) is 0 Å². The number of hydrogen-bond donors (Lipinski definition) is 1. The number of hydrogen-bond acceptors (Lipinski definition) is 5. The van der Waals surface area contributed by atoms with E-state index in [0.29, 0.717) is 6.07 Å². The Morgan fingerprint density at radius 1 is 1.61 bits per heavy atom. The maximum atomic E-state index is 13.0. The summed E-state index contributed by atoms with van der Waals surface area (Å²) < 4.78 is 17.5. The molecule has 1 N–H and O–H groups in total. The third-order valence-electron chi connectivity index (χ3n) is 1.83. The van der Waals surface area contributed by atoms with Gasteiger partial charge in [-0.15, -0.1) is 0 Å². The Morgan fingerprint density at radius 2 is 2.28 bits per heavy atom. The Labute approximate surface area is 101 Å². The minimum Gasteiger partial charge on any atom is -0.501 e. The molecule has 0 atom stereocenters. The summed E-state index contributed by atoms with van der Waals surface area (Å²) in [6, 6.07) is 1.35. The zero-order chi connectivity index (χ0) is 13.7. The van der Waals surface area contributed by atoms with Crippen LogP contribution in [0.3, 0.4) is 0 Å². The molecule has 1 aromatic carbocycles. The van der Waals surface area contributed by atoms with Crippen LogP contribution in [0, 0.1) is 27.8 Å². The summed E-state index contributed by atoms with van der Waals surface area (Å²) in [5, 5.41) is 20.0. The monoisotopic (exact) mass is 253 g/mol. The summed E-state index contributed by atoms with van der Waals surface area (Å²) in [6.45, 7) is 1.69. The number of esters is 1. The lowest BCUT2D eigenvalue weighted by molar-refractivity contribution is -0.386. The van der Waals surface area contributed by atoms with Crippen molar-refractivity contribution < 1.29 is 24.0 Å². The summed E-state index contributed by atoms with van der Waals surface area (Å²) in [4.78, 5) is 20.5. The lowest BCUT2D eigenvalue weighted by Crippen LogP contribution is -1.99. The van der Waals surface area contributed by atoms with Crippen LogP contribution in [0.5, 0.6) is 5.75 Å². The fourth-order valence-electron chi connectivity index (χ4n) is 1.10. The maximum absolute atomic E-state index is 13.0. The van der Waals surface area contributed by atoms with E-state index in [4.69, 9.17) is 0 Å². The fourth-order valence-corrected chi connectivity index (χ4v) is 1.10. The molecule has 94 valence electrons. The van der Waals surface area contributed by atoms with Gasteiger partial charge in [-0.25, -0.2) is 9.18 Å². The van der Waals surface area contributed by atoms with Gasteiger partial charge in [-0.05, 0) is 13.0 Å². The molecule has 7 heteroatoms. The first-order valence-electron chi connectivity index (χ1n) is 4.81. The van der Waals surface area contributed by atoms with E-state index in [9.17, 15) is 24.4 Å². The van der Waals surface area contributed by atoms with Crippen LogP contribution in [-0.4, -0.2) is 22.6 Å². The zero-order valence-corrected chi connectivity index (χ0v) is 9.27. The minimum absolute atomic E-state index is 0.114. The van der Waals surface area contributed by atoms with E-state index in [1.54, 1.807) is 6.92 Å². The summed E-state index contributed by atoms with van der Waals surface area (Å²) in [5.41, 5.74) is -1.17. The molecule has 0 fully saturated rings. The zero-order valence-electron chi connectivity index (χ0n) is 9.27. The Bertz CT molecular complexity index is 559. The number of nitro benzene ring substituents is 1. The molecule has 1 rings (SSSR count). The van der Waals surface area contributed by atoms with Crippen molar-refractivity contribution >= 4 is 11.7 Å². The van der Waals surface area contributed by atoms with Gasteiger partial charge in [0, 0.05) is 5.92 Å². The Balaban J connectivity index is 3.17. The molecule has 18 heavy (non-hydrogen) atoms. The van der Waals surface area contributed by atoms with Crippen molar-refractivity contribution in [2.45, 2.75) is 6.92 Å². The van der Waals surface area contributed by atoms with Crippen LogP contribution in [0.1, 0.15) is 12.5 Å². The van der Waals surface area contributed by atoms with Gasteiger partial charge in [-0.2, -0.15) is 0 Å². The van der Waals surface area contributed by atoms with Crippen molar-refractivity contribution in [3.8, 4) is 17.6 Å². The number of nitrogens with zero attached hydrogens (tertiary/aromatic N) is 1. The number of carbonyl (C=O) groups excluding carboxylic acids is 1. The summed E-state index contributed by atoms with van der Waals surface area (Å²) in [7, 11) is 0. The number of phenolic OH excluding ortho intramolecular Hbond substituents is 1. The molecule has 0 saturated carbocycles. The molecule has 0 aliphatic rings. The van der Waals surface area contributed by atoms with Crippen LogP contribution in [0.15, 0.2) is 12.1 Å². The smallest absolute Gasteiger partial charge is 0.384 e. The average molecular weight is 253 g/mol. The standard InChI is InChI=1S/C11H8FNO5/c1-2-18-10(14)4-3-7-5-8(12)6-9(11(7)15)13(16)17/h5-6,15H,2H2,1H3. The molecule has 0 spiro atoms. The first kappa shape index (κ1) is 13.4. The van der Waals surface area contributed by atoms with Crippen LogP contribution in [-0.2, 0) is 9.53 Å². The topological polar surface area (TPSA) is 89.7 Å². The number of aromatic hydroxyl groups is 1. The third kappa shape index (κ3) is 3.18. The van der Waals surface area contributed by atoms with Gasteiger partial charge in [0.05, 0.1) is 23.2 Å². The highest BCUT2D eigenvalue weighted by Gasteiger charge is 2.18. The maximum Gasteiger partial charge on any atom is 0.384 e. The van der Waals surface area contributed by atoms with Gasteiger partial charge in [0.25, 0.3) is 0 Å². The molecule has 0 aliphatic heterocycles. The second-order valence-corrected chi connectivity index (χ2v) is 3.05. The van der Waals surface area contributed by atoms with Gasteiger partial charge in [-0.1, -0.05) is 5.92 Å². The number of benzene rings is 1. The predicted octanol–water partition coefficient (Wildman–Crippen LogP) is 1.35. The van der Waals surface area contributed by atoms with Crippen LogP contribution >= 0.6 is 0 Å². The highest BCUT2D eigenvalue weighted by molar-refractivity contribution is 5.89. The van der Waals surface area contributed by atoms with Crippen LogP contribution < -0.4 is 0 Å². The molecule has 0 radical (unpaired) electrons. The lowest BCUT2D eigenvalue weighted by atomic mass is 10.1. The van der Waals surface area contributed by atoms with E-state index < -0.39 is 28.1 Å². The van der Waals surface area contributed by atoms with Crippen molar-refractivity contribution in [2.75, 3.05) is 6.61 Å². The number of nitro groups is 1. The number of rotatable bonds is 2. The molecular weight excluding hydrogens is 245 g/mol. The first-order valence-corrected chi connectivity index (χ1v) is 4.81. The Morgan fingerprint density at radius 3 is 2.83 bits per heavy atom. The van der Waals surface area contributed by atoms with Gasteiger partial charge in [0.15, 0.2) is 0 Å². The lowest BCUT2D eigenvalue weighted by Gasteiger charge is -1.99. The van der Waals surface area contributed by atoms with Crippen molar-refractivity contribution in [3.05, 3.63) is 33.6 Å². The Hall–Kier alpha value is -2.62. The van der Waals surface area contributed by atoms with Gasteiger partial charge in [0.2, 0.25) is 5.75 Å². The molecular formula is C11H8FNO5. The fraction of sp³-hybridized carbons (Fsp3) is 0.182. The van der Waals surface area contributed by atoms with Gasteiger partial charge >= 0.3 is 11.7 Å². The van der Waals surface area contributed by atoms with E-state index in [1.807, 2.05) is 5.92 Å². The quantitative estimate of drug-likeness (QED) is 0.372. The van der Waals surface area contributed by atoms with E-state index in [0.717, 1.165) is 6.07 Å². The number of phenols is 1. The van der Waals surface area contributed by atoms with E-state index >= 15 is 0 Å². The molecule has 0 aliphatic carbocycles. The minimum atomic E-state index is -0.950. The Kier molecular flexibility index (Phi) is 4.21. The molecule has 0 amide bonds. The SMILES string of the molecule is CCOC(=O)C#Cc1cc(F)cc([N+](=O)[O-])c1O. The van der Waals surface area contributed by atoms with Crippen LogP contribution in [0.4, 0.5) is 10.1 Å². The van der Waals surface area contributed by atoms with Gasteiger partial charge in [0.1, 0.15) is 5.82 Å². The molecule has 0 aromatic heterocycles. The third-order valence-corrected chi connectivity index (χ3v) is 1.83. The molecule has 6 nitrogen and oxygen atoms in total. The number of ether oxygens (including phenoxy) is 1. The largest absolute Gasteiger partial charge is 0.501 e. The first-order chi connectivity index (χ1) is 8.45. The second-order valence-electron chi connectivity index (χ2n) is 3.05. The molecule has 0 heterocycles. The van der Waals surface area contributed by atoms with E-state index in [-0.39, 0.29) is 12.2 Å². The van der Waals surface area contributed by atoms with Crippen LogP contribution in [0.2, 0.25) is 0 Å². The summed E-state index contributed by atoms with van der Waals surface area (Å²) in [6.07, 6.45) is 0. The number of halogens is 1. The molecule has 0 unspecified atom stereocenters. The van der Waals surface area contributed by atoms with Crippen molar-refractivity contribution in [1.82, 2.24) is 0 Å². The normalized spacial score (nSPS) is 9.22. The molecule has 1 aromatic rings. The summed E-state index contributed by atoms with van der Waals surface area (Å²) >= 11 is 0. The molecule has 0 bridgehead atoms. The molecule has 0 saturated heterocycles. The van der Waals surface area contributed by atoms with E-state index in [2.05, 4.69) is 10.7 Å². The second kappa shape index (κ2) is 5.63. The average Bonchev–Trinajstić information content (AvgIpc) is 2.30. The predicted molar refractivity (Wildman–Crippen MR) is 58.2 cm³/mol. The highest BCUT2D eigenvalue weighted by atomic mass is 19.1. The van der Waals surface area contributed by atoms with Crippen molar-refractivity contribution in [3.63, 3.8) is 0 Å². The number of carbonyl (C=O) groups is 1. The highest BCUT2D eigenvalue weighted by Crippen LogP contribution is 2.30.